The van der Waals surface area contributed by atoms with E-state index in [1.807, 2.05) is 11.8 Å². The highest BCUT2D eigenvalue weighted by Gasteiger charge is 2.34. The lowest BCUT2D eigenvalue weighted by atomic mass is 9.94. The van der Waals surface area contributed by atoms with Crippen LogP contribution in [-0.2, 0) is 9.59 Å². The number of nitrogens with zero attached hydrogens (tertiary/aromatic N) is 2. The molecule has 0 spiro atoms. The molecule has 21 heavy (non-hydrogen) atoms. The molecule has 3 N–H and O–H groups in total. The van der Waals surface area contributed by atoms with Gasteiger partial charge in [0, 0.05) is 44.7 Å². The van der Waals surface area contributed by atoms with Gasteiger partial charge in [0.15, 0.2) is 0 Å². The van der Waals surface area contributed by atoms with Gasteiger partial charge in [0.1, 0.15) is 0 Å². The lowest BCUT2D eigenvalue weighted by molar-refractivity contribution is -0.134. The number of likely N-dealkylation sites (N-methyl/N-ethyl adjacent to an activating group) is 1. The molecule has 0 bridgehead atoms. The van der Waals surface area contributed by atoms with E-state index < -0.39 is 0 Å². The molecule has 1 heterocycles. The van der Waals surface area contributed by atoms with Gasteiger partial charge in [-0.1, -0.05) is 12.8 Å². The fraction of sp³-hybridized carbons (Fsp3) is 0.867. The lowest BCUT2D eigenvalue weighted by Crippen LogP contribution is -2.53. The van der Waals surface area contributed by atoms with Gasteiger partial charge in [0.25, 0.3) is 0 Å². The van der Waals surface area contributed by atoms with Crippen molar-refractivity contribution in [3.63, 3.8) is 0 Å². The third kappa shape index (κ3) is 4.68. The molecule has 0 unspecified atom stereocenters. The second kappa shape index (κ2) is 7.22. The van der Waals surface area contributed by atoms with Crippen molar-refractivity contribution in [3.8, 4) is 0 Å². The standard InChI is InChI=1S/C15H28N4O2/c1-2-17-13(20)12-18-7-9-19(10-8-18)14(21)11-15(16)5-3-4-6-15/h2-12,16H2,1H3,(H,17,20). The number of nitrogens with one attached hydrogen (secondary N) is 1. The molecule has 2 fully saturated rings. The van der Waals surface area contributed by atoms with E-state index in [2.05, 4.69) is 10.2 Å². The summed E-state index contributed by atoms with van der Waals surface area (Å²) in [6, 6.07) is 0. The summed E-state index contributed by atoms with van der Waals surface area (Å²) in [4.78, 5) is 27.9. The van der Waals surface area contributed by atoms with Crippen molar-refractivity contribution in [3.05, 3.63) is 0 Å². The number of hydrogen-bond donors (Lipinski definition) is 2. The second-order valence-corrected chi connectivity index (χ2v) is 6.36. The fourth-order valence-corrected chi connectivity index (χ4v) is 3.28. The molecule has 0 aromatic heterocycles. The lowest BCUT2D eigenvalue weighted by Gasteiger charge is -2.36. The largest absolute Gasteiger partial charge is 0.355 e. The summed E-state index contributed by atoms with van der Waals surface area (Å²) >= 11 is 0. The molecule has 0 aromatic rings. The van der Waals surface area contributed by atoms with Crippen LogP contribution in [0.3, 0.4) is 0 Å². The monoisotopic (exact) mass is 296 g/mol. The SMILES string of the molecule is CCNC(=O)CN1CCN(C(=O)CC2(N)CCCC2)CC1. The van der Waals surface area contributed by atoms with E-state index in [1.165, 1.54) is 0 Å². The maximum atomic E-state index is 12.3. The van der Waals surface area contributed by atoms with Crippen molar-refractivity contribution in [1.82, 2.24) is 15.1 Å². The van der Waals surface area contributed by atoms with Crippen LogP contribution in [0.5, 0.6) is 0 Å². The third-order valence-electron chi connectivity index (χ3n) is 4.57. The zero-order valence-corrected chi connectivity index (χ0v) is 13.1. The Morgan fingerprint density at radius 1 is 1.14 bits per heavy atom. The van der Waals surface area contributed by atoms with Crippen LogP contribution in [0.4, 0.5) is 0 Å². The van der Waals surface area contributed by atoms with E-state index in [0.29, 0.717) is 32.6 Å². The molecule has 1 saturated heterocycles. The first-order chi connectivity index (χ1) is 10.0. The number of piperazine rings is 1. The van der Waals surface area contributed by atoms with E-state index >= 15 is 0 Å². The van der Waals surface area contributed by atoms with Crippen LogP contribution in [0.2, 0.25) is 0 Å². The first kappa shape index (κ1) is 16.2. The number of amides is 2. The Hall–Kier alpha value is -1.14. The minimum Gasteiger partial charge on any atom is -0.355 e. The summed E-state index contributed by atoms with van der Waals surface area (Å²) in [5.41, 5.74) is 6.01. The Balaban J connectivity index is 1.73. The average molecular weight is 296 g/mol. The quantitative estimate of drug-likeness (QED) is 0.744. The zero-order valence-electron chi connectivity index (χ0n) is 13.1. The first-order valence-electron chi connectivity index (χ1n) is 8.08. The normalized spacial score (nSPS) is 22.3. The van der Waals surface area contributed by atoms with Crippen molar-refractivity contribution in [2.24, 2.45) is 5.73 Å². The van der Waals surface area contributed by atoms with Gasteiger partial charge in [-0.05, 0) is 19.8 Å². The topological polar surface area (TPSA) is 78.7 Å². The van der Waals surface area contributed by atoms with Gasteiger partial charge in [-0.3, -0.25) is 14.5 Å². The van der Waals surface area contributed by atoms with Gasteiger partial charge in [-0.25, -0.2) is 0 Å². The zero-order chi connectivity index (χ0) is 15.3. The Morgan fingerprint density at radius 3 is 2.33 bits per heavy atom. The predicted octanol–water partition coefficient (Wildman–Crippen LogP) is -0.0717. The highest BCUT2D eigenvalue weighted by molar-refractivity contribution is 5.78. The summed E-state index contributed by atoms with van der Waals surface area (Å²) in [6.45, 7) is 5.94. The molecule has 0 radical (unpaired) electrons. The molecule has 120 valence electrons. The Kier molecular flexibility index (Phi) is 5.58. The van der Waals surface area contributed by atoms with Crippen LogP contribution in [0.15, 0.2) is 0 Å². The predicted molar refractivity (Wildman–Crippen MR) is 81.7 cm³/mol. The highest BCUT2D eigenvalue weighted by atomic mass is 16.2. The van der Waals surface area contributed by atoms with Crippen molar-refractivity contribution in [2.45, 2.75) is 44.6 Å². The number of carbonyl (C=O) groups excluding carboxylic acids is 2. The molecule has 0 atom stereocenters. The van der Waals surface area contributed by atoms with Gasteiger partial charge in [-0.15, -0.1) is 0 Å². The molecule has 1 saturated carbocycles. The summed E-state index contributed by atoms with van der Waals surface area (Å²) in [5.74, 6) is 0.237. The van der Waals surface area contributed by atoms with Crippen molar-refractivity contribution in [2.75, 3.05) is 39.3 Å². The molecule has 2 aliphatic rings. The number of nitrogens with two attached hydrogens (primary N) is 1. The fourth-order valence-electron chi connectivity index (χ4n) is 3.28. The minimum atomic E-state index is -0.269. The summed E-state index contributed by atoms with van der Waals surface area (Å²) < 4.78 is 0. The van der Waals surface area contributed by atoms with Crippen molar-refractivity contribution >= 4 is 11.8 Å². The van der Waals surface area contributed by atoms with E-state index in [9.17, 15) is 9.59 Å². The van der Waals surface area contributed by atoms with E-state index in [-0.39, 0.29) is 17.4 Å². The number of carbonyl (C=O) groups is 2. The van der Waals surface area contributed by atoms with Gasteiger partial charge in [-0.2, -0.15) is 0 Å². The molecule has 6 nitrogen and oxygen atoms in total. The second-order valence-electron chi connectivity index (χ2n) is 6.36. The Morgan fingerprint density at radius 2 is 1.76 bits per heavy atom. The summed E-state index contributed by atoms with van der Waals surface area (Å²) in [5, 5.41) is 2.80. The molecule has 2 amide bonds. The van der Waals surface area contributed by atoms with Crippen molar-refractivity contribution in [1.29, 1.82) is 0 Å². The van der Waals surface area contributed by atoms with Crippen LogP contribution < -0.4 is 11.1 Å². The van der Waals surface area contributed by atoms with Crippen LogP contribution in [0.1, 0.15) is 39.0 Å². The van der Waals surface area contributed by atoms with Crippen LogP contribution >= 0.6 is 0 Å². The molecule has 0 aromatic carbocycles. The van der Waals surface area contributed by atoms with E-state index in [4.69, 9.17) is 5.73 Å². The minimum absolute atomic E-state index is 0.0594. The molecule has 6 heteroatoms. The Labute approximate surface area is 127 Å². The first-order valence-corrected chi connectivity index (χ1v) is 8.08. The molecular formula is C15H28N4O2. The van der Waals surface area contributed by atoms with Gasteiger partial charge in [0.05, 0.1) is 6.54 Å². The number of hydrogen-bond acceptors (Lipinski definition) is 4. The molecule has 2 rings (SSSR count). The molecular weight excluding hydrogens is 268 g/mol. The smallest absolute Gasteiger partial charge is 0.234 e. The number of rotatable bonds is 5. The molecule has 1 aliphatic heterocycles. The Bertz CT molecular complexity index is 372. The molecule has 1 aliphatic carbocycles. The van der Waals surface area contributed by atoms with Crippen LogP contribution in [0, 0.1) is 0 Å². The maximum Gasteiger partial charge on any atom is 0.234 e. The van der Waals surface area contributed by atoms with E-state index in [0.717, 1.165) is 38.8 Å². The van der Waals surface area contributed by atoms with E-state index in [1.54, 1.807) is 0 Å². The maximum absolute atomic E-state index is 12.3. The van der Waals surface area contributed by atoms with Crippen molar-refractivity contribution < 1.29 is 9.59 Å². The van der Waals surface area contributed by atoms with Gasteiger partial charge in [0.2, 0.25) is 11.8 Å². The third-order valence-corrected chi connectivity index (χ3v) is 4.57. The average Bonchev–Trinajstić information content (AvgIpc) is 2.86. The van der Waals surface area contributed by atoms with Crippen LogP contribution in [0.25, 0.3) is 0 Å². The summed E-state index contributed by atoms with van der Waals surface area (Å²) in [6.07, 6.45) is 4.70. The van der Waals surface area contributed by atoms with Crippen LogP contribution in [-0.4, -0.2) is 66.4 Å². The van der Waals surface area contributed by atoms with Gasteiger partial charge < -0.3 is 16.0 Å². The van der Waals surface area contributed by atoms with Gasteiger partial charge >= 0.3 is 0 Å². The highest BCUT2D eigenvalue weighted by Crippen LogP contribution is 2.30. The summed E-state index contributed by atoms with van der Waals surface area (Å²) in [7, 11) is 0.